The van der Waals surface area contributed by atoms with Crippen molar-refractivity contribution in [2.75, 3.05) is 6.54 Å². The zero-order valence-electron chi connectivity index (χ0n) is 13.6. The molecule has 0 radical (unpaired) electrons. The van der Waals surface area contributed by atoms with Gasteiger partial charge in [-0.1, -0.05) is 38.4 Å². The molecule has 5 N–H and O–H groups in total. The highest BCUT2D eigenvalue weighted by atomic mass is 35.5. The summed E-state index contributed by atoms with van der Waals surface area (Å²) >= 11 is 6.11. The lowest BCUT2D eigenvalue weighted by Crippen LogP contribution is -2.23. The van der Waals surface area contributed by atoms with Crippen LogP contribution in [-0.4, -0.2) is 23.4 Å². The Balaban J connectivity index is 0.00000127. The third kappa shape index (κ3) is 4.82. The number of hydrogen-bond donors (Lipinski definition) is 3. The average Bonchev–Trinajstić information content (AvgIpc) is 2.56. The van der Waals surface area contributed by atoms with Crippen LogP contribution in [0.3, 0.4) is 0 Å². The predicted molar refractivity (Wildman–Crippen MR) is 96.2 cm³/mol. The van der Waals surface area contributed by atoms with Crippen molar-refractivity contribution >= 4 is 40.1 Å². The molecule has 7 heteroatoms. The number of nitrogens with two attached hydrogens (primary N) is 2. The molecule has 1 amide bonds. The van der Waals surface area contributed by atoms with Gasteiger partial charge in [-0.3, -0.25) is 4.79 Å². The van der Waals surface area contributed by atoms with Crippen molar-refractivity contribution in [1.82, 2.24) is 10.3 Å². The first-order chi connectivity index (χ1) is 11.0. The molecular weight excluding hydrogens is 314 g/mol. The standard InChI is InChI=1S/C14H16ClN5O.C2H6/c1-2-5-18-13(21)8-3-4-9-10(6-8)12(20-14(16)17)19-7-11(9)15;1-2/h3-4,6-7H,2,5H2,1H3,(H,18,21)(H4,16,17,19,20);1-2H3. The molecule has 0 aliphatic rings. The summed E-state index contributed by atoms with van der Waals surface area (Å²) in [6.07, 6.45) is 2.34. The zero-order chi connectivity index (χ0) is 17.4. The summed E-state index contributed by atoms with van der Waals surface area (Å²) in [4.78, 5) is 20.1. The van der Waals surface area contributed by atoms with Crippen molar-refractivity contribution in [3.05, 3.63) is 35.0 Å². The molecule has 6 nitrogen and oxygen atoms in total. The van der Waals surface area contributed by atoms with Crippen molar-refractivity contribution in [3.8, 4) is 0 Å². The van der Waals surface area contributed by atoms with Crippen molar-refractivity contribution in [1.29, 1.82) is 0 Å². The molecule has 0 unspecified atom stereocenters. The predicted octanol–water partition coefficient (Wildman–Crippen LogP) is 2.96. The molecule has 1 heterocycles. The highest BCUT2D eigenvalue weighted by molar-refractivity contribution is 6.35. The summed E-state index contributed by atoms with van der Waals surface area (Å²) in [6, 6.07) is 5.14. The SMILES string of the molecule is CC.CCCNC(=O)c1ccc2c(Cl)cnc(N=C(N)N)c2c1. The Kier molecular flexibility index (Phi) is 7.28. The molecule has 0 atom stereocenters. The van der Waals surface area contributed by atoms with Gasteiger partial charge in [-0.2, -0.15) is 4.99 Å². The van der Waals surface area contributed by atoms with Crippen molar-refractivity contribution in [2.45, 2.75) is 27.2 Å². The highest BCUT2D eigenvalue weighted by Gasteiger charge is 2.11. The molecule has 0 aliphatic carbocycles. The number of guanidine groups is 1. The molecule has 1 aromatic carbocycles. The van der Waals surface area contributed by atoms with E-state index in [-0.39, 0.29) is 11.9 Å². The number of carbonyl (C=O) groups is 1. The second-order valence-corrected chi connectivity index (χ2v) is 4.89. The van der Waals surface area contributed by atoms with Gasteiger partial charge in [0.15, 0.2) is 11.8 Å². The number of aromatic nitrogens is 1. The average molecular weight is 336 g/mol. The van der Waals surface area contributed by atoms with Gasteiger partial charge in [0.2, 0.25) is 0 Å². The fraction of sp³-hybridized carbons (Fsp3) is 0.312. The van der Waals surface area contributed by atoms with Crippen LogP contribution in [0, 0.1) is 0 Å². The van der Waals surface area contributed by atoms with E-state index in [1.165, 1.54) is 6.20 Å². The Hall–Kier alpha value is -2.34. The van der Waals surface area contributed by atoms with Crippen LogP contribution in [0.5, 0.6) is 0 Å². The van der Waals surface area contributed by atoms with Crippen LogP contribution >= 0.6 is 11.6 Å². The molecule has 2 aromatic rings. The van der Waals surface area contributed by atoms with E-state index in [0.717, 1.165) is 11.8 Å². The third-order valence-electron chi connectivity index (χ3n) is 2.85. The third-order valence-corrected chi connectivity index (χ3v) is 3.15. The van der Waals surface area contributed by atoms with Crippen molar-refractivity contribution in [3.63, 3.8) is 0 Å². The Labute approximate surface area is 140 Å². The molecular formula is C16H22ClN5O. The number of hydrogen-bond acceptors (Lipinski definition) is 3. The Morgan fingerprint density at radius 1 is 1.30 bits per heavy atom. The van der Waals surface area contributed by atoms with E-state index in [1.807, 2.05) is 20.8 Å². The van der Waals surface area contributed by atoms with Crippen LogP contribution < -0.4 is 16.8 Å². The fourth-order valence-electron chi connectivity index (χ4n) is 1.89. The van der Waals surface area contributed by atoms with E-state index >= 15 is 0 Å². The normalized spacial score (nSPS) is 9.74. The van der Waals surface area contributed by atoms with Crippen LogP contribution in [0.4, 0.5) is 5.82 Å². The molecule has 0 fully saturated rings. The van der Waals surface area contributed by atoms with E-state index in [2.05, 4.69) is 15.3 Å². The Bertz CT molecular complexity index is 711. The first-order valence-corrected chi connectivity index (χ1v) is 7.86. The Morgan fingerprint density at radius 2 is 2.00 bits per heavy atom. The minimum atomic E-state index is -0.158. The highest BCUT2D eigenvalue weighted by Crippen LogP contribution is 2.30. The molecule has 2 rings (SSSR count). The molecule has 0 saturated carbocycles. The van der Waals surface area contributed by atoms with Gasteiger partial charge in [0, 0.05) is 29.1 Å². The van der Waals surface area contributed by atoms with Gasteiger partial charge in [-0.05, 0) is 18.6 Å². The summed E-state index contributed by atoms with van der Waals surface area (Å²) in [7, 11) is 0. The van der Waals surface area contributed by atoms with Gasteiger partial charge in [-0.25, -0.2) is 4.98 Å². The van der Waals surface area contributed by atoms with E-state index in [9.17, 15) is 4.79 Å². The van der Waals surface area contributed by atoms with E-state index in [0.29, 0.717) is 28.3 Å². The van der Waals surface area contributed by atoms with Crippen molar-refractivity contribution in [2.24, 2.45) is 16.5 Å². The fourth-order valence-corrected chi connectivity index (χ4v) is 2.10. The van der Waals surface area contributed by atoms with Gasteiger partial charge < -0.3 is 16.8 Å². The maximum Gasteiger partial charge on any atom is 0.251 e. The largest absolute Gasteiger partial charge is 0.370 e. The van der Waals surface area contributed by atoms with Gasteiger partial charge in [-0.15, -0.1) is 0 Å². The number of fused-ring (bicyclic) bond motifs is 1. The molecule has 0 aliphatic heterocycles. The molecule has 0 saturated heterocycles. The lowest BCUT2D eigenvalue weighted by Gasteiger charge is -2.07. The summed E-state index contributed by atoms with van der Waals surface area (Å²) in [5.74, 6) is 0.0703. The topological polar surface area (TPSA) is 106 Å². The number of carbonyl (C=O) groups excluding carboxylic acids is 1. The molecule has 0 bridgehead atoms. The molecule has 23 heavy (non-hydrogen) atoms. The second-order valence-electron chi connectivity index (χ2n) is 4.48. The maximum atomic E-state index is 12.0. The maximum absolute atomic E-state index is 12.0. The van der Waals surface area contributed by atoms with Crippen LogP contribution in [0.25, 0.3) is 10.8 Å². The number of benzene rings is 1. The van der Waals surface area contributed by atoms with Crippen LogP contribution in [0.15, 0.2) is 29.4 Å². The zero-order valence-corrected chi connectivity index (χ0v) is 14.3. The summed E-state index contributed by atoms with van der Waals surface area (Å²) in [5.41, 5.74) is 11.3. The molecule has 124 valence electrons. The Morgan fingerprint density at radius 3 is 2.61 bits per heavy atom. The second kappa shape index (κ2) is 8.95. The van der Waals surface area contributed by atoms with Gasteiger partial charge in [0.25, 0.3) is 5.91 Å². The van der Waals surface area contributed by atoms with E-state index in [1.54, 1.807) is 18.2 Å². The van der Waals surface area contributed by atoms with Crippen molar-refractivity contribution < 1.29 is 4.79 Å². The lowest BCUT2D eigenvalue weighted by molar-refractivity contribution is 0.0954. The van der Waals surface area contributed by atoms with E-state index < -0.39 is 0 Å². The smallest absolute Gasteiger partial charge is 0.251 e. The van der Waals surface area contributed by atoms with E-state index in [4.69, 9.17) is 23.1 Å². The van der Waals surface area contributed by atoms with Crippen LogP contribution in [0.1, 0.15) is 37.6 Å². The first kappa shape index (κ1) is 18.7. The quantitative estimate of drug-likeness (QED) is 0.589. The number of halogens is 1. The lowest BCUT2D eigenvalue weighted by atomic mass is 10.1. The minimum absolute atomic E-state index is 0.105. The number of amides is 1. The van der Waals surface area contributed by atoms with Crippen LogP contribution in [-0.2, 0) is 0 Å². The molecule has 1 aromatic heterocycles. The summed E-state index contributed by atoms with van der Waals surface area (Å²) in [6.45, 7) is 6.60. The number of nitrogens with zero attached hydrogens (tertiary/aromatic N) is 2. The minimum Gasteiger partial charge on any atom is -0.370 e. The number of nitrogens with one attached hydrogen (secondary N) is 1. The molecule has 0 spiro atoms. The van der Waals surface area contributed by atoms with Crippen LogP contribution in [0.2, 0.25) is 5.02 Å². The van der Waals surface area contributed by atoms with Gasteiger partial charge in [0.1, 0.15) is 0 Å². The number of pyridine rings is 1. The summed E-state index contributed by atoms with van der Waals surface area (Å²) in [5, 5.41) is 4.64. The first-order valence-electron chi connectivity index (χ1n) is 7.49. The summed E-state index contributed by atoms with van der Waals surface area (Å²) < 4.78 is 0. The number of aliphatic imine (C=N–C) groups is 1. The van der Waals surface area contributed by atoms with Gasteiger partial charge >= 0.3 is 0 Å². The van der Waals surface area contributed by atoms with Gasteiger partial charge in [0.05, 0.1) is 5.02 Å². The number of rotatable bonds is 4. The monoisotopic (exact) mass is 335 g/mol.